The Hall–Kier alpha value is -2.51. The van der Waals surface area contributed by atoms with Gasteiger partial charge in [-0.3, -0.25) is 5.32 Å². The van der Waals surface area contributed by atoms with Gasteiger partial charge in [0.25, 0.3) is 0 Å². The van der Waals surface area contributed by atoms with E-state index in [1.165, 1.54) is 0 Å². The highest BCUT2D eigenvalue weighted by Gasteiger charge is 2.52. The molecule has 31 heavy (non-hydrogen) atoms. The molecule has 0 saturated carbocycles. The second kappa shape index (κ2) is 7.28. The zero-order valence-electron chi connectivity index (χ0n) is 19.3. The van der Waals surface area contributed by atoms with Crippen LogP contribution in [0, 0.1) is 0 Å². The molecule has 7 heteroatoms. The molecule has 0 aromatic heterocycles. The van der Waals surface area contributed by atoms with Crippen LogP contribution in [-0.4, -0.2) is 30.0 Å². The van der Waals surface area contributed by atoms with E-state index in [1.54, 1.807) is 0 Å². The summed E-state index contributed by atoms with van der Waals surface area (Å²) >= 11 is 0. The Morgan fingerprint density at radius 1 is 1.03 bits per heavy atom. The Bertz CT molecular complexity index is 1010. The van der Waals surface area contributed by atoms with Gasteiger partial charge in [-0.1, -0.05) is 18.2 Å². The molecule has 1 N–H and O–H groups in total. The SMILES string of the molecule is CC(C)(C)OC(=O)Nc1ccc2c(c1)Cc1cccc(B3OC(C)(C)C(C)(C)O3)c1O2. The minimum Gasteiger partial charge on any atom is -0.457 e. The van der Waals surface area contributed by atoms with Crippen molar-refractivity contribution in [1.82, 2.24) is 0 Å². The van der Waals surface area contributed by atoms with Gasteiger partial charge in [0, 0.05) is 23.1 Å². The van der Waals surface area contributed by atoms with Gasteiger partial charge in [0.1, 0.15) is 17.1 Å². The maximum absolute atomic E-state index is 12.1. The van der Waals surface area contributed by atoms with Crippen molar-refractivity contribution >= 4 is 24.4 Å². The Morgan fingerprint density at radius 3 is 2.35 bits per heavy atom. The fourth-order valence-electron chi connectivity index (χ4n) is 3.66. The number of rotatable bonds is 2. The molecule has 1 fully saturated rings. The zero-order chi connectivity index (χ0) is 22.6. The van der Waals surface area contributed by atoms with Crippen LogP contribution >= 0.6 is 0 Å². The van der Waals surface area contributed by atoms with Crippen molar-refractivity contribution in [2.45, 2.75) is 71.7 Å². The fourth-order valence-corrected chi connectivity index (χ4v) is 3.66. The van der Waals surface area contributed by atoms with Crippen molar-refractivity contribution in [1.29, 1.82) is 0 Å². The van der Waals surface area contributed by atoms with Gasteiger partial charge in [-0.05, 0) is 72.2 Å². The van der Waals surface area contributed by atoms with Crippen molar-refractivity contribution in [3.8, 4) is 11.5 Å². The van der Waals surface area contributed by atoms with Crippen LogP contribution in [0.15, 0.2) is 36.4 Å². The van der Waals surface area contributed by atoms with Crippen molar-refractivity contribution in [3.05, 3.63) is 47.5 Å². The number of anilines is 1. The second-order valence-corrected chi connectivity index (χ2v) is 10.2. The summed E-state index contributed by atoms with van der Waals surface area (Å²) in [6.07, 6.45) is 0.203. The lowest BCUT2D eigenvalue weighted by Gasteiger charge is -2.32. The number of amides is 1. The Labute approximate surface area is 184 Å². The quantitative estimate of drug-likeness (QED) is 0.586. The highest BCUT2D eigenvalue weighted by atomic mass is 16.7. The van der Waals surface area contributed by atoms with Crippen LogP contribution in [0.25, 0.3) is 0 Å². The number of nitrogens with one attached hydrogen (secondary N) is 1. The standard InChI is InChI=1S/C24H30BNO5/c1-22(2,3)29-21(27)26-17-11-12-19-16(14-17)13-15-9-8-10-18(20(15)28-19)25-30-23(4,5)24(6,7)31-25/h8-12,14H,13H2,1-7H3,(H,26,27). The molecule has 0 atom stereocenters. The summed E-state index contributed by atoms with van der Waals surface area (Å²) in [6, 6.07) is 11.6. The minimum atomic E-state index is -0.551. The topological polar surface area (TPSA) is 66.0 Å². The number of carbonyl (C=O) groups excluding carboxylic acids is 1. The van der Waals surface area contributed by atoms with Gasteiger partial charge < -0.3 is 18.8 Å². The van der Waals surface area contributed by atoms with E-state index in [-0.39, 0.29) is 0 Å². The van der Waals surface area contributed by atoms with Crippen LogP contribution in [0.1, 0.15) is 59.6 Å². The van der Waals surface area contributed by atoms with E-state index in [4.69, 9.17) is 18.8 Å². The highest BCUT2D eigenvalue weighted by Crippen LogP contribution is 2.40. The number of hydrogen-bond acceptors (Lipinski definition) is 5. The molecule has 2 aromatic carbocycles. The van der Waals surface area contributed by atoms with E-state index in [0.29, 0.717) is 12.1 Å². The van der Waals surface area contributed by atoms with Gasteiger partial charge in [0.05, 0.1) is 11.2 Å². The molecule has 164 valence electrons. The lowest BCUT2D eigenvalue weighted by molar-refractivity contribution is 0.00578. The third kappa shape index (κ3) is 4.30. The van der Waals surface area contributed by atoms with E-state index in [0.717, 1.165) is 28.1 Å². The monoisotopic (exact) mass is 423 g/mol. The minimum absolute atomic E-state index is 0.421. The second-order valence-electron chi connectivity index (χ2n) is 10.2. The lowest BCUT2D eigenvalue weighted by Crippen LogP contribution is -2.41. The number of carbonyl (C=O) groups is 1. The van der Waals surface area contributed by atoms with Gasteiger partial charge in [-0.2, -0.15) is 0 Å². The van der Waals surface area contributed by atoms with Gasteiger partial charge >= 0.3 is 13.2 Å². The molecule has 4 rings (SSSR count). The normalized spacial score (nSPS) is 18.6. The molecule has 1 saturated heterocycles. The number of para-hydroxylation sites is 1. The molecule has 0 unspecified atom stereocenters. The first-order chi connectivity index (χ1) is 14.3. The summed E-state index contributed by atoms with van der Waals surface area (Å²) in [5, 5.41) is 2.79. The summed E-state index contributed by atoms with van der Waals surface area (Å²) in [5.41, 5.74) is 2.20. The smallest absolute Gasteiger partial charge is 0.457 e. The summed E-state index contributed by atoms with van der Waals surface area (Å²) in [6.45, 7) is 13.7. The zero-order valence-corrected chi connectivity index (χ0v) is 19.3. The van der Waals surface area contributed by atoms with E-state index >= 15 is 0 Å². The van der Waals surface area contributed by atoms with E-state index in [9.17, 15) is 4.79 Å². The first-order valence-corrected chi connectivity index (χ1v) is 10.6. The van der Waals surface area contributed by atoms with E-state index < -0.39 is 30.0 Å². The molecule has 0 bridgehead atoms. The number of hydrogen-bond donors (Lipinski definition) is 1. The highest BCUT2D eigenvalue weighted by molar-refractivity contribution is 6.63. The van der Waals surface area contributed by atoms with Crippen LogP contribution in [0.2, 0.25) is 0 Å². The van der Waals surface area contributed by atoms with Crippen LogP contribution in [0.5, 0.6) is 11.5 Å². The Balaban J connectivity index is 1.57. The van der Waals surface area contributed by atoms with Gasteiger partial charge in [-0.25, -0.2) is 4.79 Å². The van der Waals surface area contributed by atoms with Crippen LogP contribution in [0.4, 0.5) is 10.5 Å². The maximum Gasteiger partial charge on any atom is 0.498 e. The van der Waals surface area contributed by atoms with E-state index in [1.807, 2.05) is 84.9 Å². The van der Waals surface area contributed by atoms with E-state index in [2.05, 4.69) is 5.32 Å². The van der Waals surface area contributed by atoms with Crippen molar-refractivity contribution < 1.29 is 23.6 Å². The molecule has 2 aliphatic heterocycles. The first kappa shape index (κ1) is 21.7. The third-order valence-electron chi connectivity index (χ3n) is 5.93. The largest absolute Gasteiger partial charge is 0.498 e. The molecule has 2 aromatic rings. The average Bonchev–Trinajstić information content (AvgIpc) is 2.85. The summed E-state index contributed by atoms with van der Waals surface area (Å²) in [5.74, 6) is 1.53. The number of ether oxygens (including phenoxy) is 2. The molecule has 0 aliphatic carbocycles. The van der Waals surface area contributed by atoms with Crippen LogP contribution in [0.3, 0.4) is 0 Å². The van der Waals surface area contributed by atoms with Gasteiger partial charge in [-0.15, -0.1) is 0 Å². The first-order valence-electron chi connectivity index (χ1n) is 10.6. The maximum atomic E-state index is 12.1. The third-order valence-corrected chi connectivity index (χ3v) is 5.93. The molecule has 0 spiro atoms. The average molecular weight is 423 g/mol. The molecule has 0 radical (unpaired) electrons. The summed E-state index contributed by atoms with van der Waals surface area (Å²) in [4.78, 5) is 12.1. The van der Waals surface area contributed by atoms with Crippen LogP contribution < -0.4 is 15.5 Å². The fraction of sp³-hybridized carbons (Fsp3) is 0.458. The summed E-state index contributed by atoms with van der Waals surface area (Å²) in [7, 11) is -0.491. The van der Waals surface area contributed by atoms with Crippen molar-refractivity contribution in [2.75, 3.05) is 5.32 Å². The molecule has 6 nitrogen and oxygen atoms in total. The van der Waals surface area contributed by atoms with Crippen molar-refractivity contribution in [2.24, 2.45) is 0 Å². The Kier molecular flexibility index (Phi) is 5.10. The molecular weight excluding hydrogens is 393 g/mol. The summed E-state index contributed by atoms with van der Waals surface area (Å²) < 4.78 is 24.1. The Morgan fingerprint density at radius 2 is 1.71 bits per heavy atom. The number of benzene rings is 2. The van der Waals surface area contributed by atoms with Gasteiger partial charge in [0.2, 0.25) is 0 Å². The lowest BCUT2D eigenvalue weighted by atomic mass is 9.76. The predicted molar refractivity (Wildman–Crippen MR) is 121 cm³/mol. The number of fused-ring (bicyclic) bond motifs is 2. The van der Waals surface area contributed by atoms with Crippen LogP contribution in [-0.2, 0) is 20.5 Å². The molecule has 2 heterocycles. The van der Waals surface area contributed by atoms with Crippen molar-refractivity contribution in [3.63, 3.8) is 0 Å². The predicted octanol–water partition coefficient (Wildman–Crippen LogP) is 5.03. The molecule has 1 amide bonds. The molecular formula is C24H30BNO5. The molecule has 2 aliphatic rings. The van der Waals surface area contributed by atoms with Gasteiger partial charge in [0.15, 0.2) is 0 Å².